The molecule has 94 valence electrons. The van der Waals surface area contributed by atoms with Crippen molar-refractivity contribution in [1.82, 2.24) is 10.6 Å². The van der Waals surface area contributed by atoms with Crippen molar-refractivity contribution in [2.24, 2.45) is 5.73 Å². The molecule has 0 saturated carbocycles. The third-order valence-electron chi connectivity index (χ3n) is 2.07. The molecule has 0 spiro atoms. The van der Waals surface area contributed by atoms with Crippen LogP contribution in [0.5, 0.6) is 0 Å². The topological polar surface area (TPSA) is 84.2 Å². The summed E-state index contributed by atoms with van der Waals surface area (Å²) in [7, 11) is 0. The number of nitrogens with two attached hydrogens (primary N) is 1. The van der Waals surface area contributed by atoms with E-state index in [0.717, 1.165) is 12.8 Å². The summed E-state index contributed by atoms with van der Waals surface area (Å²) < 4.78 is 0. The molecule has 5 heteroatoms. The molecule has 0 bridgehead atoms. The minimum absolute atomic E-state index is 0.0656. The number of hydrogen-bond donors (Lipinski definition) is 3. The van der Waals surface area contributed by atoms with E-state index < -0.39 is 0 Å². The zero-order chi connectivity index (χ0) is 12.4. The van der Waals surface area contributed by atoms with Crippen LogP contribution in [0.2, 0.25) is 0 Å². The van der Waals surface area contributed by atoms with Crippen molar-refractivity contribution in [3.05, 3.63) is 0 Å². The summed E-state index contributed by atoms with van der Waals surface area (Å²) in [6.45, 7) is 5.13. The normalized spacial score (nSPS) is 11.9. The van der Waals surface area contributed by atoms with Gasteiger partial charge in [0, 0.05) is 32.0 Å². The molecule has 16 heavy (non-hydrogen) atoms. The molecule has 2 amide bonds. The van der Waals surface area contributed by atoms with Gasteiger partial charge in [-0.05, 0) is 19.8 Å². The molecule has 0 aromatic carbocycles. The number of nitrogens with one attached hydrogen (secondary N) is 2. The van der Waals surface area contributed by atoms with E-state index in [0.29, 0.717) is 13.1 Å². The Hall–Kier alpha value is -1.10. The fourth-order valence-electron chi connectivity index (χ4n) is 1.11. The van der Waals surface area contributed by atoms with Gasteiger partial charge in [-0.2, -0.15) is 0 Å². The number of rotatable bonds is 8. The molecule has 4 N–H and O–H groups in total. The first kappa shape index (κ1) is 14.9. The van der Waals surface area contributed by atoms with E-state index in [1.165, 1.54) is 0 Å². The quantitative estimate of drug-likeness (QED) is 0.554. The van der Waals surface area contributed by atoms with E-state index in [9.17, 15) is 9.59 Å². The highest BCUT2D eigenvalue weighted by Crippen LogP contribution is 1.90. The maximum Gasteiger partial charge on any atom is 0.220 e. The zero-order valence-electron chi connectivity index (χ0n) is 10.2. The molecule has 0 aliphatic heterocycles. The second-order valence-electron chi connectivity index (χ2n) is 3.97. The third kappa shape index (κ3) is 9.45. The van der Waals surface area contributed by atoms with Crippen molar-refractivity contribution < 1.29 is 9.59 Å². The second-order valence-corrected chi connectivity index (χ2v) is 3.97. The maximum atomic E-state index is 11.3. The maximum absolute atomic E-state index is 11.3. The van der Waals surface area contributed by atoms with Crippen LogP contribution in [-0.2, 0) is 9.59 Å². The molecule has 5 nitrogen and oxygen atoms in total. The van der Waals surface area contributed by atoms with Crippen molar-refractivity contribution in [2.45, 2.75) is 45.6 Å². The molecule has 0 aromatic heterocycles. The first-order chi connectivity index (χ1) is 7.56. The van der Waals surface area contributed by atoms with E-state index in [1.807, 2.05) is 13.8 Å². The molecule has 0 aliphatic rings. The Morgan fingerprint density at radius 2 is 1.62 bits per heavy atom. The Bertz CT molecular complexity index is 217. The summed E-state index contributed by atoms with van der Waals surface area (Å²) in [4.78, 5) is 22.4. The minimum Gasteiger partial charge on any atom is -0.356 e. The van der Waals surface area contributed by atoms with E-state index in [2.05, 4.69) is 10.6 Å². The van der Waals surface area contributed by atoms with Gasteiger partial charge in [0.2, 0.25) is 11.8 Å². The second kappa shape index (κ2) is 9.15. The molecule has 0 radical (unpaired) electrons. The van der Waals surface area contributed by atoms with Gasteiger partial charge < -0.3 is 16.4 Å². The summed E-state index contributed by atoms with van der Waals surface area (Å²) in [6.07, 6.45) is 2.17. The Morgan fingerprint density at radius 1 is 1.12 bits per heavy atom. The lowest BCUT2D eigenvalue weighted by Gasteiger charge is -2.07. The van der Waals surface area contributed by atoms with Crippen LogP contribution < -0.4 is 16.4 Å². The van der Waals surface area contributed by atoms with Crippen LogP contribution in [0.1, 0.15) is 39.5 Å². The standard InChI is InChI=1S/C11H23N3O2/c1-3-7-13-10(15)4-5-11(16)14-8-6-9(2)12/h9H,3-8,12H2,1-2H3,(H,13,15)(H,14,16). The van der Waals surface area contributed by atoms with E-state index in [4.69, 9.17) is 5.73 Å². The van der Waals surface area contributed by atoms with Gasteiger partial charge >= 0.3 is 0 Å². The lowest BCUT2D eigenvalue weighted by molar-refractivity contribution is -0.126. The summed E-state index contributed by atoms with van der Waals surface area (Å²) >= 11 is 0. The van der Waals surface area contributed by atoms with Crippen LogP contribution in [-0.4, -0.2) is 30.9 Å². The molecule has 0 aromatic rings. The molecule has 0 fully saturated rings. The predicted molar refractivity (Wildman–Crippen MR) is 63.8 cm³/mol. The van der Waals surface area contributed by atoms with Crippen molar-refractivity contribution in [3.8, 4) is 0 Å². The van der Waals surface area contributed by atoms with Gasteiger partial charge in [-0.3, -0.25) is 9.59 Å². The van der Waals surface area contributed by atoms with Crippen LogP contribution >= 0.6 is 0 Å². The van der Waals surface area contributed by atoms with E-state index in [1.54, 1.807) is 0 Å². The largest absolute Gasteiger partial charge is 0.356 e. The smallest absolute Gasteiger partial charge is 0.220 e. The van der Waals surface area contributed by atoms with Gasteiger partial charge in [0.25, 0.3) is 0 Å². The van der Waals surface area contributed by atoms with Crippen LogP contribution in [0.15, 0.2) is 0 Å². The van der Waals surface area contributed by atoms with Crippen molar-refractivity contribution in [3.63, 3.8) is 0 Å². The lowest BCUT2D eigenvalue weighted by atomic mass is 10.2. The monoisotopic (exact) mass is 229 g/mol. The average molecular weight is 229 g/mol. The Balaban J connectivity index is 3.46. The molecular formula is C11H23N3O2. The zero-order valence-corrected chi connectivity index (χ0v) is 10.2. The highest BCUT2D eigenvalue weighted by molar-refractivity contribution is 5.83. The Labute approximate surface area is 97.2 Å². The number of hydrogen-bond acceptors (Lipinski definition) is 3. The van der Waals surface area contributed by atoms with Crippen LogP contribution in [0.25, 0.3) is 0 Å². The summed E-state index contributed by atoms with van der Waals surface area (Å²) in [5.41, 5.74) is 5.54. The molecule has 0 saturated heterocycles. The van der Waals surface area contributed by atoms with Gasteiger partial charge in [0.1, 0.15) is 0 Å². The summed E-state index contributed by atoms with van der Waals surface area (Å²) in [5, 5.41) is 5.45. The van der Waals surface area contributed by atoms with Crippen LogP contribution in [0.3, 0.4) is 0 Å². The van der Waals surface area contributed by atoms with Gasteiger partial charge in [0.15, 0.2) is 0 Å². The molecule has 1 atom stereocenters. The minimum atomic E-state index is -0.0905. The fraction of sp³-hybridized carbons (Fsp3) is 0.818. The highest BCUT2D eigenvalue weighted by Gasteiger charge is 2.05. The van der Waals surface area contributed by atoms with Gasteiger partial charge in [-0.15, -0.1) is 0 Å². The Kier molecular flexibility index (Phi) is 8.52. The molecule has 0 heterocycles. The predicted octanol–water partition coefficient (Wildman–Crippen LogP) is 0.146. The van der Waals surface area contributed by atoms with Gasteiger partial charge in [0.05, 0.1) is 0 Å². The van der Waals surface area contributed by atoms with E-state index >= 15 is 0 Å². The first-order valence-electron chi connectivity index (χ1n) is 5.85. The van der Waals surface area contributed by atoms with Crippen molar-refractivity contribution >= 4 is 11.8 Å². The summed E-state index contributed by atoms with van der Waals surface area (Å²) in [6, 6.07) is 0.0909. The number of amides is 2. The molecule has 0 aliphatic carbocycles. The molecular weight excluding hydrogens is 206 g/mol. The Morgan fingerprint density at radius 3 is 2.06 bits per heavy atom. The van der Waals surface area contributed by atoms with Gasteiger partial charge in [-0.25, -0.2) is 0 Å². The third-order valence-corrected chi connectivity index (χ3v) is 2.07. The average Bonchev–Trinajstić information content (AvgIpc) is 2.23. The SMILES string of the molecule is CCCNC(=O)CCC(=O)NCCC(C)N. The van der Waals surface area contributed by atoms with Crippen LogP contribution in [0.4, 0.5) is 0 Å². The molecule has 1 unspecified atom stereocenters. The highest BCUT2D eigenvalue weighted by atomic mass is 16.2. The number of carbonyl (C=O) groups excluding carboxylic acids is 2. The molecule has 0 rings (SSSR count). The number of carbonyl (C=O) groups is 2. The van der Waals surface area contributed by atoms with Crippen LogP contribution in [0, 0.1) is 0 Å². The van der Waals surface area contributed by atoms with Gasteiger partial charge in [-0.1, -0.05) is 6.92 Å². The lowest BCUT2D eigenvalue weighted by Crippen LogP contribution is -2.30. The van der Waals surface area contributed by atoms with Crippen molar-refractivity contribution in [2.75, 3.05) is 13.1 Å². The fourth-order valence-corrected chi connectivity index (χ4v) is 1.11. The summed E-state index contributed by atoms with van der Waals surface area (Å²) in [5.74, 6) is -0.156. The van der Waals surface area contributed by atoms with E-state index in [-0.39, 0.29) is 30.7 Å². The first-order valence-corrected chi connectivity index (χ1v) is 5.85. The van der Waals surface area contributed by atoms with Crippen molar-refractivity contribution in [1.29, 1.82) is 0 Å².